The minimum absolute atomic E-state index is 0. The molecule has 6 heteroatoms. The Kier molecular flexibility index (Phi) is 8.48. The molecule has 2 rings (SSSR count). The van der Waals surface area contributed by atoms with Gasteiger partial charge in [0.15, 0.2) is 6.61 Å². The first kappa shape index (κ1) is 19.3. The molecule has 0 saturated heterocycles. The van der Waals surface area contributed by atoms with Crippen molar-refractivity contribution in [2.45, 2.75) is 13.0 Å². The number of rotatable bonds is 8. The van der Waals surface area contributed by atoms with Gasteiger partial charge in [0.05, 0.1) is 0 Å². The monoisotopic (exact) mass is 355 g/mol. The van der Waals surface area contributed by atoms with Crippen molar-refractivity contribution in [3.63, 3.8) is 0 Å². The first-order chi connectivity index (χ1) is 10.6. The lowest BCUT2D eigenvalue weighted by molar-refractivity contribution is -0.139. The Morgan fingerprint density at radius 2 is 1.65 bits per heavy atom. The van der Waals surface area contributed by atoms with Crippen LogP contribution < -0.4 is 10.1 Å². The highest BCUT2D eigenvalue weighted by molar-refractivity contribution is 6.30. The van der Waals surface area contributed by atoms with Crippen molar-refractivity contribution in [2.24, 2.45) is 0 Å². The van der Waals surface area contributed by atoms with Crippen LogP contribution in [0.15, 0.2) is 48.5 Å². The first-order valence-electron chi connectivity index (χ1n) is 7.02. The highest BCUT2D eigenvalue weighted by atomic mass is 35.5. The van der Waals surface area contributed by atoms with Crippen LogP contribution in [-0.4, -0.2) is 24.2 Å². The van der Waals surface area contributed by atoms with Crippen molar-refractivity contribution in [1.29, 1.82) is 0 Å². The molecule has 0 radical (unpaired) electrons. The Labute approximate surface area is 146 Å². The molecule has 2 aromatic carbocycles. The Bertz CT molecular complexity index is 600. The van der Waals surface area contributed by atoms with Crippen LogP contribution in [0.25, 0.3) is 0 Å². The summed E-state index contributed by atoms with van der Waals surface area (Å²) in [6.45, 7) is 1.31. The summed E-state index contributed by atoms with van der Waals surface area (Å²) in [5.74, 6) is -0.416. The van der Waals surface area contributed by atoms with Crippen molar-refractivity contribution in [3.8, 4) is 5.75 Å². The van der Waals surface area contributed by atoms with Crippen molar-refractivity contribution in [3.05, 3.63) is 64.7 Å². The van der Waals surface area contributed by atoms with E-state index in [0.29, 0.717) is 5.75 Å². The molecule has 0 saturated carbocycles. The van der Waals surface area contributed by atoms with Crippen LogP contribution in [0.1, 0.15) is 11.1 Å². The van der Waals surface area contributed by atoms with E-state index in [9.17, 15) is 4.79 Å². The number of halogens is 2. The molecule has 0 heterocycles. The van der Waals surface area contributed by atoms with Gasteiger partial charge in [0.1, 0.15) is 5.75 Å². The number of carbonyl (C=O) groups is 1. The van der Waals surface area contributed by atoms with Crippen molar-refractivity contribution in [2.75, 3.05) is 13.2 Å². The molecule has 0 amide bonds. The van der Waals surface area contributed by atoms with Crippen molar-refractivity contribution in [1.82, 2.24) is 5.32 Å². The smallest absolute Gasteiger partial charge is 0.341 e. The van der Waals surface area contributed by atoms with Crippen LogP contribution in [0.4, 0.5) is 0 Å². The van der Waals surface area contributed by atoms with Gasteiger partial charge >= 0.3 is 5.97 Å². The maximum Gasteiger partial charge on any atom is 0.341 e. The van der Waals surface area contributed by atoms with E-state index >= 15 is 0 Å². The van der Waals surface area contributed by atoms with Gasteiger partial charge in [0, 0.05) is 11.6 Å². The Hall–Kier alpha value is -1.75. The highest BCUT2D eigenvalue weighted by Crippen LogP contribution is 2.12. The number of carboxylic acid groups (broad SMARTS) is 1. The van der Waals surface area contributed by atoms with Gasteiger partial charge in [0.25, 0.3) is 0 Å². The number of hydrogen-bond donors (Lipinski definition) is 2. The summed E-state index contributed by atoms with van der Waals surface area (Å²) in [7, 11) is 0. The number of ether oxygens (including phenoxy) is 1. The van der Waals surface area contributed by atoms with Gasteiger partial charge in [-0.1, -0.05) is 35.9 Å². The van der Waals surface area contributed by atoms with Gasteiger partial charge in [-0.05, 0) is 48.4 Å². The molecule has 2 aromatic rings. The normalized spacial score (nSPS) is 9.96. The van der Waals surface area contributed by atoms with Crippen molar-refractivity contribution >= 4 is 30.0 Å². The molecule has 23 heavy (non-hydrogen) atoms. The molecule has 0 unspecified atom stereocenters. The van der Waals surface area contributed by atoms with Crippen LogP contribution in [0.2, 0.25) is 5.02 Å². The molecule has 0 aliphatic rings. The third kappa shape index (κ3) is 7.37. The van der Waals surface area contributed by atoms with E-state index in [1.165, 1.54) is 5.56 Å². The highest BCUT2D eigenvalue weighted by Gasteiger charge is 2.00. The summed E-state index contributed by atoms with van der Waals surface area (Å²) in [5.41, 5.74) is 2.37. The van der Waals surface area contributed by atoms with Crippen LogP contribution in [0.3, 0.4) is 0 Å². The lowest BCUT2D eigenvalue weighted by Crippen LogP contribution is -2.16. The molecular formula is C17H19Cl2NO3. The summed E-state index contributed by atoms with van der Waals surface area (Å²) in [5, 5.41) is 12.7. The average Bonchev–Trinajstić information content (AvgIpc) is 2.52. The Morgan fingerprint density at radius 3 is 2.26 bits per heavy atom. The van der Waals surface area contributed by atoms with E-state index in [1.54, 1.807) is 12.1 Å². The van der Waals surface area contributed by atoms with Crippen LogP contribution in [0.5, 0.6) is 5.75 Å². The predicted octanol–water partition coefficient (Wildman–Crippen LogP) is 3.56. The van der Waals surface area contributed by atoms with E-state index in [0.717, 1.165) is 30.1 Å². The average molecular weight is 356 g/mol. The fourth-order valence-electron chi connectivity index (χ4n) is 1.97. The van der Waals surface area contributed by atoms with Gasteiger partial charge in [-0.15, -0.1) is 12.4 Å². The number of carboxylic acids is 1. The predicted molar refractivity (Wildman–Crippen MR) is 93.7 cm³/mol. The second-order valence-electron chi connectivity index (χ2n) is 4.88. The standard InChI is InChI=1S/C17H18ClNO3.ClH/c18-15-5-1-13(2-6-15)9-10-19-11-14-3-7-16(8-4-14)22-12-17(20)21;/h1-8,19H,9-12H2,(H,20,21);1H. The second kappa shape index (κ2) is 10.1. The van der Waals surface area contributed by atoms with Crippen LogP contribution >= 0.6 is 24.0 Å². The molecule has 4 nitrogen and oxygen atoms in total. The lowest BCUT2D eigenvalue weighted by atomic mass is 10.1. The summed E-state index contributed by atoms with van der Waals surface area (Å²) < 4.78 is 5.08. The largest absolute Gasteiger partial charge is 0.482 e. The summed E-state index contributed by atoms with van der Waals surface area (Å²) >= 11 is 5.85. The van der Waals surface area contributed by atoms with E-state index in [1.807, 2.05) is 36.4 Å². The zero-order valence-electron chi connectivity index (χ0n) is 12.5. The number of benzene rings is 2. The number of aliphatic carboxylic acids is 1. The Morgan fingerprint density at radius 1 is 1.04 bits per heavy atom. The van der Waals surface area contributed by atoms with E-state index in [-0.39, 0.29) is 19.0 Å². The fraction of sp³-hybridized carbons (Fsp3) is 0.235. The molecule has 0 fully saturated rings. The van der Waals surface area contributed by atoms with Crippen molar-refractivity contribution < 1.29 is 14.6 Å². The molecule has 0 bridgehead atoms. The minimum atomic E-state index is -0.979. The van der Waals surface area contributed by atoms with E-state index in [4.69, 9.17) is 21.4 Å². The molecule has 0 spiro atoms. The maximum absolute atomic E-state index is 10.4. The third-order valence-corrected chi connectivity index (χ3v) is 3.37. The van der Waals surface area contributed by atoms with Gasteiger partial charge in [0.2, 0.25) is 0 Å². The second-order valence-corrected chi connectivity index (χ2v) is 5.32. The van der Waals surface area contributed by atoms with Crippen LogP contribution in [-0.2, 0) is 17.8 Å². The molecule has 0 atom stereocenters. The molecule has 0 aromatic heterocycles. The summed E-state index contributed by atoms with van der Waals surface area (Å²) in [6.07, 6.45) is 0.941. The zero-order valence-corrected chi connectivity index (χ0v) is 14.1. The van der Waals surface area contributed by atoms with E-state index < -0.39 is 5.97 Å². The topological polar surface area (TPSA) is 58.6 Å². The quantitative estimate of drug-likeness (QED) is 0.710. The summed E-state index contributed by atoms with van der Waals surface area (Å²) in [4.78, 5) is 10.4. The van der Waals surface area contributed by atoms with Crippen LogP contribution in [0, 0.1) is 0 Å². The minimum Gasteiger partial charge on any atom is -0.482 e. The van der Waals surface area contributed by atoms with Gasteiger partial charge < -0.3 is 15.2 Å². The summed E-state index contributed by atoms with van der Waals surface area (Å²) in [6, 6.07) is 15.2. The molecule has 124 valence electrons. The zero-order chi connectivity index (χ0) is 15.8. The molecule has 2 N–H and O–H groups in total. The number of hydrogen-bond acceptors (Lipinski definition) is 3. The molecule has 0 aliphatic carbocycles. The van der Waals surface area contributed by atoms with E-state index in [2.05, 4.69) is 5.32 Å². The van der Waals surface area contributed by atoms with Gasteiger partial charge in [-0.25, -0.2) is 4.79 Å². The maximum atomic E-state index is 10.4. The SMILES string of the molecule is Cl.O=C(O)COc1ccc(CNCCc2ccc(Cl)cc2)cc1. The first-order valence-corrected chi connectivity index (χ1v) is 7.40. The molecule has 0 aliphatic heterocycles. The lowest BCUT2D eigenvalue weighted by Gasteiger charge is -2.07. The molecular weight excluding hydrogens is 337 g/mol. The van der Waals surface area contributed by atoms with Gasteiger partial charge in [-0.3, -0.25) is 0 Å². The third-order valence-electron chi connectivity index (χ3n) is 3.12. The fourth-order valence-corrected chi connectivity index (χ4v) is 2.09. The number of nitrogens with one attached hydrogen (secondary N) is 1. The van der Waals surface area contributed by atoms with Gasteiger partial charge in [-0.2, -0.15) is 0 Å². The Balaban J connectivity index is 0.00000264.